The number of ether oxygens (including phenoxy) is 3. The molecule has 1 N–H and O–H groups in total. The minimum Gasteiger partial charge on any atom is -0.493 e. The fourth-order valence-corrected chi connectivity index (χ4v) is 4.17. The first-order valence-corrected chi connectivity index (χ1v) is 10.9. The predicted molar refractivity (Wildman–Crippen MR) is 120 cm³/mol. The van der Waals surface area contributed by atoms with Crippen molar-refractivity contribution in [3.05, 3.63) is 69.7 Å². The number of aryl methyl sites for hydroxylation is 1. The van der Waals surface area contributed by atoms with Gasteiger partial charge in [-0.15, -0.1) is 11.3 Å². The number of hydrogen-bond donors (Lipinski definition) is 1. The number of amides is 1. The molecule has 1 aromatic heterocycles. The third-order valence-electron chi connectivity index (χ3n) is 5.10. The van der Waals surface area contributed by atoms with E-state index in [1.165, 1.54) is 0 Å². The molecule has 1 atom stereocenters. The molecular weight excluding hydrogens is 414 g/mol. The second kappa shape index (κ2) is 9.36. The zero-order valence-electron chi connectivity index (χ0n) is 17.8. The van der Waals surface area contributed by atoms with E-state index >= 15 is 0 Å². The molecule has 1 amide bonds. The second-order valence-electron chi connectivity index (χ2n) is 7.14. The van der Waals surface area contributed by atoms with Gasteiger partial charge in [-0.05, 0) is 36.8 Å². The number of hydrogen-bond acceptors (Lipinski definition) is 7. The number of thiazole rings is 1. The predicted octanol–water partition coefficient (Wildman–Crippen LogP) is 4.25. The number of nitrogens with zero attached hydrogens (tertiary/aromatic N) is 2. The van der Waals surface area contributed by atoms with Crippen LogP contribution in [-0.2, 0) is 11.3 Å². The van der Waals surface area contributed by atoms with Crippen molar-refractivity contribution in [2.24, 2.45) is 0 Å². The first-order valence-electron chi connectivity index (χ1n) is 9.98. The quantitative estimate of drug-likeness (QED) is 0.566. The highest BCUT2D eigenvalue weighted by Crippen LogP contribution is 2.37. The Balaban J connectivity index is 1.61. The highest BCUT2D eigenvalue weighted by atomic mass is 32.1. The molecule has 0 fully saturated rings. The third kappa shape index (κ3) is 4.50. The number of para-hydroxylation sites is 1. The molecule has 3 aromatic rings. The van der Waals surface area contributed by atoms with Crippen LogP contribution >= 0.6 is 11.3 Å². The fraction of sp³-hybridized carbons (Fsp3) is 0.304. The minimum atomic E-state index is -0.346. The van der Waals surface area contributed by atoms with Crippen LogP contribution in [0.4, 0.5) is 5.69 Å². The lowest BCUT2D eigenvalue weighted by molar-refractivity contribution is 0.0609. The van der Waals surface area contributed by atoms with Gasteiger partial charge in [-0.25, -0.2) is 4.98 Å². The van der Waals surface area contributed by atoms with E-state index in [-0.39, 0.29) is 12.1 Å². The highest BCUT2D eigenvalue weighted by Gasteiger charge is 2.33. The van der Waals surface area contributed by atoms with Gasteiger partial charge in [-0.3, -0.25) is 4.79 Å². The summed E-state index contributed by atoms with van der Waals surface area (Å²) >= 11 is 1.59. The molecule has 0 bridgehead atoms. The summed E-state index contributed by atoms with van der Waals surface area (Å²) in [5.41, 5.74) is 3.24. The van der Waals surface area contributed by atoms with Gasteiger partial charge in [0.05, 0.1) is 30.0 Å². The maximum atomic E-state index is 13.2. The van der Waals surface area contributed by atoms with Gasteiger partial charge in [0.1, 0.15) is 12.8 Å². The van der Waals surface area contributed by atoms with Crippen LogP contribution in [0.15, 0.2) is 47.8 Å². The Morgan fingerprint density at radius 1 is 1.16 bits per heavy atom. The Morgan fingerprint density at radius 2 is 2.00 bits per heavy atom. The number of rotatable bonds is 8. The molecule has 0 spiro atoms. The van der Waals surface area contributed by atoms with E-state index in [0.29, 0.717) is 36.8 Å². The molecule has 8 heteroatoms. The Kier molecular flexibility index (Phi) is 6.39. The smallest absolute Gasteiger partial charge is 0.257 e. The van der Waals surface area contributed by atoms with E-state index in [4.69, 9.17) is 14.2 Å². The van der Waals surface area contributed by atoms with Crippen LogP contribution in [0.2, 0.25) is 0 Å². The van der Waals surface area contributed by atoms with Gasteiger partial charge in [0, 0.05) is 24.7 Å². The van der Waals surface area contributed by atoms with E-state index in [0.717, 1.165) is 22.0 Å². The molecule has 7 nitrogen and oxygen atoms in total. The summed E-state index contributed by atoms with van der Waals surface area (Å²) in [5, 5.41) is 6.47. The molecule has 2 heterocycles. The van der Waals surface area contributed by atoms with Crippen molar-refractivity contribution in [3.63, 3.8) is 0 Å². The Bertz CT molecular complexity index is 1070. The largest absolute Gasteiger partial charge is 0.493 e. The van der Waals surface area contributed by atoms with Crippen LogP contribution in [0.25, 0.3) is 0 Å². The molecule has 1 aliphatic heterocycles. The highest BCUT2D eigenvalue weighted by molar-refractivity contribution is 7.09. The van der Waals surface area contributed by atoms with Gasteiger partial charge >= 0.3 is 0 Å². The monoisotopic (exact) mass is 439 g/mol. The first kappa shape index (κ1) is 21.1. The topological polar surface area (TPSA) is 72.9 Å². The minimum absolute atomic E-state index is 0.0328. The average molecular weight is 440 g/mol. The van der Waals surface area contributed by atoms with E-state index in [1.807, 2.05) is 54.8 Å². The van der Waals surface area contributed by atoms with Crippen molar-refractivity contribution >= 4 is 22.9 Å². The van der Waals surface area contributed by atoms with E-state index in [1.54, 1.807) is 30.5 Å². The molecule has 4 rings (SSSR count). The number of anilines is 1. The molecule has 0 saturated carbocycles. The number of fused-ring (bicyclic) bond motifs is 1. The zero-order chi connectivity index (χ0) is 21.8. The Hall–Kier alpha value is -3.10. The van der Waals surface area contributed by atoms with Gasteiger partial charge < -0.3 is 24.4 Å². The summed E-state index contributed by atoms with van der Waals surface area (Å²) in [6.07, 6.45) is -0.346. The number of benzene rings is 2. The Morgan fingerprint density at radius 3 is 2.74 bits per heavy atom. The van der Waals surface area contributed by atoms with Crippen molar-refractivity contribution in [3.8, 4) is 11.5 Å². The summed E-state index contributed by atoms with van der Waals surface area (Å²) in [6, 6.07) is 13.2. The maximum absolute atomic E-state index is 13.2. The van der Waals surface area contributed by atoms with Crippen molar-refractivity contribution in [1.82, 2.24) is 9.88 Å². The second-order valence-corrected chi connectivity index (χ2v) is 8.20. The van der Waals surface area contributed by atoms with Crippen LogP contribution in [0, 0.1) is 6.92 Å². The van der Waals surface area contributed by atoms with Crippen molar-refractivity contribution in [2.45, 2.75) is 19.7 Å². The van der Waals surface area contributed by atoms with Gasteiger partial charge in [0.2, 0.25) is 0 Å². The number of aromatic nitrogens is 1. The zero-order valence-corrected chi connectivity index (χ0v) is 18.6. The van der Waals surface area contributed by atoms with Crippen LogP contribution < -0.4 is 14.8 Å². The van der Waals surface area contributed by atoms with Gasteiger partial charge in [0.25, 0.3) is 5.91 Å². The maximum Gasteiger partial charge on any atom is 0.257 e. The van der Waals surface area contributed by atoms with Crippen LogP contribution in [0.5, 0.6) is 11.5 Å². The normalized spacial score (nSPS) is 15.4. The van der Waals surface area contributed by atoms with Crippen molar-refractivity contribution in [1.29, 1.82) is 0 Å². The summed E-state index contributed by atoms with van der Waals surface area (Å²) in [6.45, 7) is 3.24. The number of carbonyl (C=O) groups is 1. The van der Waals surface area contributed by atoms with Crippen molar-refractivity contribution < 1.29 is 19.0 Å². The summed E-state index contributed by atoms with van der Waals surface area (Å²) < 4.78 is 16.8. The first-order chi connectivity index (χ1) is 15.1. The molecule has 31 heavy (non-hydrogen) atoms. The van der Waals surface area contributed by atoms with Crippen LogP contribution in [0.1, 0.15) is 32.8 Å². The molecule has 162 valence electrons. The SMILES string of the molecule is COCCN1C(=O)c2ccccc2N[C@H]1c1ccc(OCc2csc(C)n2)c(OC)c1. The Labute approximate surface area is 185 Å². The number of methoxy groups -OCH3 is 2. The molecular formula is C23H25N3O4S. The van der Waals surface area contributed by atoms with E-state index < -0.39 is 0 Å². The standard InChI is InChI=1S/C23H25N3O4S/c1-15-24-17(14-31-15)13-30-20-9-8-16(12-21(20)29-3)22-25-19-7-5-4-6-18(19)23(27)26(22)10-11-28-2/h4-9,12,14,22,25H,10-11,13H2,1-3H3/t22-/m1/s1. The number of nitrogens with one attached hydrogen (secondary N) is 1. The van der Waals surface area contributed by atoms with Crippen LogP contribution in [0.3, 0.4) is 0 Å². The number of carbonyl (C=O) groups excluding carboxylic acids is 1. The molecule has 2 aromatic carbocycles. The molecule has 0 radical (unpaired) electrons. The lowest BCUT2D eigenvalue weighted by Crippen LogP contribution is -2.44. The summed E-state index contributed by atoms with van der Waals surface area (Å²) in [7, 11) is 3.24. The average Bonchev–Trinajstić information content (AvgIpc) is 3.22. The van der Waals surface area contributed by atoms with Gasteiger partial charge in [-0.1, -0.05) is 18.2 Å². The van der Waals surface area contributed by atoms with Gasteiger partial charge in [0.15, 0.2) is 11.5 Å². The fourth-order valence-electron chi connectivity index (χ4n) is 3.58. The van der Waals surface area contributed by atoms with E-state index in [9.17, 15) is 4.79 Å². The lowest BCUT2D eigenvalue weighted by Gasteiger charge is -2.38. The van der Waals surface area contributed by atoms with Crippen molar-refractivity contribution in [2.75, 3.05) is 32.7 Å². The molecule has 0 unspecified atom stereocenters. The van der Waals surface area contributed by atoms with Crippen LogP contribution in [-0.4, -0.2) is 43.2 Å². The molecule has 1 aliphatic rings. The molecule has 0 aliphatic carbocycles. The third-order valence-corrected chi connectivity index (χ3v) is 5.93. The summed E-state index contributed by atoms with van der Waals surface area (Å²) in [5.74, 6) is 1.20. The lowest BCUT2D eigenvalue weighted by atomic mass is 10.0. The van der Waals surface area contributed by atoms with Gasteiger partial charge in [-0.2, -0.15) is 0 Å². The summed E-state index contributed by atoms with van der Waals surface area (Å²) in [4.78, 5) is 19.4. The molecule has 0 saturated heterocycles. The van der Waals surface area contributed by atoms with E-state index in [2.05, 4.69) is 10.3 Å².